The van der Waals surface area contributed by atoms with Crippen LogP contribution in [0, 0.1) is 0 Å². The lowest BCUT2D eigenvalue weighted by Crippen LogP contribution is -2.37. The van der Waals surface area contributed by atoms with Gasteiger partial charge in [0.05, 0.1) is 0 Å². The summed E-state index contributed by atoms with van der Waals surface area (Å²) < 4.78 is 0. The maximum absolute atomic E-state index is 12.2. The van der Waals surface area contributed by atoms with Crippen LogP contribution in [0.1, 0.15) is 38.9 Å². The molecule has 3 rings (SSSR count). The van der Waals surface area contributed by atoms with E-state index in [1.807, 2.05) is 0 Å². The van der Waals surface area contributed by atoms with Crippen molar-refractivity contribution in [3.63, 3.8) is 0 Å². The molecule has 0 saturated carbocycles. The normalized spacial score (nSPS) is 14.8. The van der Waals surface area contributed by atoms with Gasteiger partial charge in [0.2, 0.25) is 10.0 Å². The number of aromatic nitrogens is 2. The van der Waals surface area contributed by atoms with Crippen LogP contribution >= 0.6 is 22.9 Å². The predicted octanol–water partition coefficient (Wildman–Crippen LogP) is 2.66. The van der Waals surface area contributed by atoms with E-state index >= 15 is 0 Å². The van der Waals surface area contributed by atoms with E-state index in [0.717, 1.165) is 31.0 Å². The Hall–Kier alpha value is -2.03. The first-order valence-electron chi connectivity index (χ1n) is 8.53. The molecule has 1 fully saturated rings. The third-order valence-corrected chi connectivity index (χ3v) is 5.21. The van der Waals surface area contributed by atoms with E-state index < -0.39 is 5.91 Å². The van der Waals surface area contributed by atoms with Crippen molar-refractivity contribution in [3.8, 4) is 0 Å². The number of amides is 2. The summed E-state index contributed by atoms with van der Waals surface area (Å²) in [7, 11) is 0. The van der Waals surface area contributed by atoms with Gasteiger partial charge >= 0.3 is 0 Å². The van der Waals surface area contributed by atoms with Crippen molar-refractivity contribution >= 4 is 40.4 Å². The topological polar surface area (TPSA) is 87.2 Å². The molecule has 2 aromatic rings. The summed E-state index contributed by atoms with van der Waals surface area (Å²) >= 11 is 6.86. The van der Waals surface area contributed by atoms with Crippen LogP contribution in [0.2, 0.25) is 5.02 Å². The van der Waals surface area contributed by atoms with Gasteiger partial charge in [-0.15, -0.1) is 10.2 Å². The highest BCUT2D eigenvalue weighted by molar-refractivity contribution is 7.15. The number of carbonyl (C=O) groups is 2. The maximum Gasteiger partial charge on any atom is 0.286 e. The highest BCUT2D eigenvalue weighted by Gasteiger charge is 2.18. The number of benzene rings is 1. The lowest BCUT2D eigenvalue weighted by atomic mass is 10.1. The van der Waals surface area contributed by atoms with Gasteiger partial charge in [-0.2, -0.15) is 0 Å². The van der Waals surface area contributed by atoms with Crippen molar-refractivity contribution in [1.82, 2.24) is 20.4 Å². The largest absolute Gasteiger partial charge is 0.349 e. The van der Waals surface area contributed by atoms with Gasteiger partial charge in [-0.25, -0.2) is 0 Å². The third-order valence-electron chi connectivity index (χ3n) is 4.06. The zero-order valence-corrected chi connectivity index (χ0v) is 15.8. The molecule has 1 aliphatic rings. The Labute approximate surface area is 160 Å². The minimum Gasteiger partial charge on any atom is -0.349 e. The van der Waals surface area contributed by atoms with Crippen molar-refractivity contribution in [2.75, 3.05) is 31.5 Å². The first kappa shape index (κ1) is 18.8. The first-order chi connectivity index (χ1) is 12.6. The molecule has 0 radical (unpaired) electrons. The second-order valence-electron chi connectivity index (χ2n) is 6.04. The Kier molecular flexibility index (Phi) is 6.54. The molecule has 2 amide bonds. The van der Waals surface area contributed by atoms with Gasteiger partial charge < -0.3 is 15.5 Å². The summed E-state index contributed by atoms with van der Waals surface area (Å²) in [6.45, 7) is 3.56. The minimum atomic E-state index is -0.419. The molecule has 2 N–H and O–H groups in total. The van der Waals surface area contributed by atoms with E-state index in [0.29, 0.717) is 17.3 Å². The van der Waals surface area contributed by atoms with E-state index in [1.54, 1.807) is 24.3 Å². The molecular formula is C17H20ClN5O2S. The van der Waals surface area contributed by atoms with Gasteiger partial charge in [0, 0.05) is 23.8 Å². The number of piperidine rings is 1. The van der Waals surface area contributed by atoms with Gasteiger partial charge in [0.15, 0.2) is 0 Å². The average molecular weight is 394 g/mol. The van der Waals surface area contributed by atoms with Crippen LogP contribution in [0.4, 0.5) is 5.69 Å². The number of nitrogens with zero attached hydrogens (tertiary/aromatic N) is 3. The van der Waals surface area contributed by atoms with Gasteiger partial charge in [-0.3, -0.25) is 9.59 Å². The molecule has 0 spiro atoms. The fourth-order valence-corrected chi connectivity index (χ4v) is 3.59. The SMILES string of the molecule is O=C(NCCN1CCCCC1)c1nnc(C(=O)Nc2cccc(Cl)c2)s1. The summed E-state index contributed by atoms with van der Waals surface area (Å²) in [4.78, 5) is 26.7. The first-order valence-corrected chi connectivity index (χ1v) is 9.72. The Morgan fingerprint density at radius 1 is 1.12 bits per heavy atom. The number of anilines is 1. The number of halogens is 1. The summed E-state index contributed by atoms with van der Waals surface area (Å²) in [6.07, 6.45) is 3.72. The molecule has 2 heterocycles. The lowest BCUT2D eigenvalue weighted by molar-refractivity contribution is 0.0944. The zero-order valence-electron chi connectivity index (χ0n) is 14.2. The molecule has 0 aliphatic carbocycles. The molecule has 0 atom stereocenters. The highest BCUT2D eigenvalue weighted by Crippen LogP contribution is 2.17. The Balaban J connectivity index is 1.49. The zero-order chi connectivity index (χ0) is 18.4. The molecule has 7 nitrogen and oxygen atoms in total. The van der Waals surface area contributed by atoms with Crippen LogP contribution in [0.25, 0.3) is 0 Å². The Morgan fingerprint density at radius 3 is 2.58 bits per heavy atom. The van der Waals surface area contributed by atoms with Crippen LogP contribution in [0.15, 0.2) is 24.3 Å². The smallest absolute Gasteiger partial charge is 0.286 e. The monoisotopic (exact) mass is 393 g/mol. The summed E-state index contributed by atoms with van der Waals surface area (Å²) in [6, 6.07) is 6.81. The van der Waals surface area contributed by atoms with E-state index in [4.69, 9.17) is 11.6 Å². The molecule has 0 bridgehead atoms. The van der Waals surface area contributed by atoms with E-state index in [1.165, 1.54) is 19.3 Å². The Bertz CT molecular complexity index is 776. The molecule has 1 aliphatic heterocycles. The number of hydrogen-bond donors (Lipinski definition) is 2. The fraction of sp³-hybridized carbons (Fsp3) is 0.412. The molecule has 138 valence electrons. The quantitative estimate of drug-likeness (QED) is 0.787. The van der Waals surface area contributed by atoms with Crippen molar-refractivity contribution in [2.24, 2.45) is 0 Å². The molecule has 1 aromatic heterocycles. The second kappa shape index (κ2) is 9.07. The maximum atomic E-state index is 12.2. The standard InChI is InChI=1S/C17H20ClN5O2S/c18-12-5-4-6-13(11-12)20-15(25)17-22-21-16(26-17)14(24)19-7-10-23-8-2-1-3-9-23/h4-6,11H,1-3,7-10H2,(H,19,24)(H,20,25). The fourth-order valence-electron chi connectivity index (χ4n) is 2.74. The van der Waals surface area contributed by atoms with Gasteiger partial charge in [-0.05, 0) is 44.1 Å². The third kappa shape index (κ3) is 5.23. The van der Waals surface area contributed by atoms with Crippen LogP contribution < -0.4 is 10.6 Å². The van der Waals surface area contributed by atoms with Crippen LogP contribution in [-0.2, 0) is 0 Å². The number of hydrogen-bond acceptors (Lipinski definition) is 6. The van der Waals surface area contributed by atoms with Crippen LogP contribution in [0.3, 0.4) is 0 Å². The number of nitrogens with one attached hydrogen (secondary N) is 2. The molecule has 1 saturated heterocycles. The van der Waals surface area contributed by atoms with E-state index in [9.17, 15) is 9.59 Å². The minimum absolute atomic E-state index is 0.131. The number of rotatable bonds is 6. The molecule has 0 unspecified atom stereocenters. The van der Waals surface area contributed by atoms with Gasteiger partial charge in [-0.1, -0.05) is 35.4 Å². The van der Waals surface area contributed by atoms with Crippen molar-refractivity contribution in [3.05, 3.63) is 39.3 Å². The lowest BCUT2D eigenvalue weighted by Gasteiger charge is -2.26. The van der Waals surface area contributed by atoms with E-state index in [-0.39, 0.29) is 15.9 Å². The van der Waals surface area contributed by atoms with Crippen molar-refractivity contribution in [1.29, 1.82) is 0 Å². The second-order valence-corrected chi connectivity index (χ2v) is 7.45. The molecule has 1 aromatic carbocycles. The van der Waals surface area contributed by atoms with Gasteiger partial charge in [0.1, 0.15) is 0 Å². The number of carbonyl (C=O) groups excluding carboxylic acids is 2. The summed E-state index contributed by atoms with van der Waals surface area (Å²) in [5, 5.41) is 14.0. The molecule has 26 heavy (non-hydrogen) atoms. The average Bonchev–Trinajstić information content (AvgIpc) is 3.13. The molecular weight excluding hydrogens is 374 g/mol. The van der Waals surface area contributed by atoms with Crippen molar-refractivity contribution < 1.29 is 9.59 Å². The number of likely N-dealkylation sites (tertiary alicyclic amines) is 1. The van der Waals surface area contributed by atoms with Gasteiger partial charge in [0.25, 0.3) is 11.8 Å². The Morgan fingerprint density at radius 2 is 1.85 bits per heavy atom. The van der Waals surface area contributed by atoms with Crippen molar-refractivity contribution in [2.45, 2.75) is 19.3 Å². The summed E-state index contributed by atoms with van der Waals surface area (Å²) in [5.41, 5.74) is 0.560. The van der Waals surface area contributed by atoms with Crippen LogP contribution in [-0.4, -0.2) is 53.1 Å². The van der Waals surface area contributed by atoms with Crippen LogP contribution in [0.5, 0.6) is 0 Å². The van der Waals surface area contributed by atoms with E-state index in [2.05, 4.69) is 25.7 Å². The predicted molar refractivity (Wildman–Crippen MR) is 102 cm³/mol. The molecule has 9 heteroatoms. The highest BCUT2D eigenvalue weighted by atomic mass is 35.5. The summed E-state index contributed by atoms with van der Waals surface area (Å²) in [5.74, 6) is -0.724.